The number of nitrogens with zero attached hydrogens (tertiary/aromatic N) is 4. The van der Waals surface area contributed by atoms with Crippen molar-refractivity contribution in [1.29, 1.82) is 0 Å². The molecule has 12 heteroatoms. The van der Waals surface area contributed by atoms with Gasteiger partial charge in [-0.1, -0.05) is 72.3 Å². The Balaban J connectivity index is 1.65. The molecule has 0 radical (unpaired) electrons. The first-order valence-electron chi connectivity index (χ1n) is 13.8. The number of rotatable bonds is 4. The first-order valence-corrected chi connectivity index (χ1v) is 14.2. The molecule has 0 aliphatic rings. The molecule has 0 saturated carbocycles. The van der Waals surface area contributed by atoms with Gasteiger partial charge in [0.15, 0.2) is 40.5 Å². The Labute approximate surface area is 264 Å². The predicted molar refractivity (Wildman–Crippen MR) is 172 cm³/mol. The van der Waals surface area contributed by atoms with E-state index in [1.807, 2.05) is 60.7 Å². The van der Waals surface area contributed by atoms with E-state index in [4.69, 9.17) is 26.6 Å². The molecule has 2 aromatic heterocycles. The second kappa shape index (κ2) is 10.5. The summed E-state index contributed by atoms with van der Waals surface area (Å²) in [4.78, 5) is 14.2. The highest BCUT2D eigenvalue weighted by Crippen LogP contribution is 2.57. The summed E-state index contributed by atoms with van der Waals surface area (Å²) in [6.07, 6.45) is 0. The van der Waals surface area contributed by atoms with Crippen LogP contribution in [0.3, 0.4) is 0 Å². The van der Waals surface area contributed by atoms with Crippen LogP contribution in [-0.4, -0.2) is 55.3 Å². The summed E-state index contributed by atoms with van der Waals surface area (Å²) in [6, 6.07) is 23.0. The Bertz CT molecular complexity index is 2230. The third-order valence-corrected chi connectivity index (χ3v) is 8.08. The lowest BCUT2D eigenvalue weighted by Crippen LogP contribution is -2.04. The Hall–Kier alpha value is -6.20. The normalized spacial score (nSPS) is 11.4. The van der Waals surface area contributed by atoms with E-state index < -0.39 is 40.2 Å². The van der Waals surface area contributed by atoms with Gasteiger partial charge in [0.05, 0.1) is 16.5 Å². The molecular weight excluding hydrogens is 612 g/mol. The molecule has 0 aliphatic carbocycles. The maximum Gasteiger partial charge on any atom is 0.206 e. The van der Waals surface area contributed by atoms with E-state index in [-0.39, 0.29) is 49.5 Å². The van der Waals surface area contributed by atoms with Gasteiger partial charge >= 0.3 is 0 Å². The molecule has 0 amide bonds. The molecule has 7 aromatic rings. The molecular formula is C34H23ClN4O7. The van der Waals surface area contributed by atoms with Crippen molar-refractivity contribution in [3.05, 3.63) is 89.4 Å². The van der Waals surface area contributed by atoms with Crippen LogP contribution in [-0.2, 0) is 0 Å². The number of phenols is 7. The number of aromatic nitrogens is 4. The molecule has 0 atom stereocenters. The fourth-order valence-electron chi connectivity index (χ4n) is 5.57. The maximum atomic E-state index is 11.4. The number of fused-ring (bicyclic) bond motifs is 3. The SMILES string of the molecule is Cc1c(O)c(O)c2c3c(O)c(O)c(O)c(O)c3n(-c3ccc(Cl)cc3-c3nc(-c4ccccc4)nc(-c4ccccc4)n3)c2c1O. The number of halogens is 1. The zero-order chi connectivity index (χ0) is 32.4. The molecule has 7 N–H and O–H groups in total. The van der Waals surface area contributed by atoms with Crippen LogP contribution in [0.15, 0.2) is 78.9 Å². The quantitative estimate of drug-likeness (QED) is 0.0795. The minimum absolute atomic E-state index is 0.116. The van der Waals surface area contributed by atoms with Crippen LogP contribution in [0.5, 0.6) is 40.2 Å². The van der Waals surface area contributed by atoms with Gasteiger partial charge in [-0.15, -0.1) is 0 Å². The van der Waals surface area contributed by atoms with Crippen molar-refractivity contribution in [2.24, 2.45) is 0 Å². The van der Waals surface area contributed by atoms with Crippen molar-refractivity contribution >= 4 is 33.4 Å². The van der Waals surface area contributed by atoms with E-state index in [1.54, 1.807) is 6.07 Å². The lowest BCUT2D eigenvalue weighted by molar-refractivity contribution is 0.350. The summed E-state index contributed by atoms with van der Waals surface area (Å²) in [5.41, 5.74) is 1.22. The van der Waals surface area contributed by atoms with Gasteiger partial charge in [0.25, 0.3) is 0 Å². The average molecular weight is 635 g/mol. The number of hydrogen-bond donors (Lipinski definition) is 7. The third-order valence-electron chi connectivity index (χ3n) is 7.84. The summed E-state index contributed by atoms with van der Waals surface area (Å²) >= 11 is 6.52. The average Bonchev–Trinajstić information content (AvgIpc) is 3.45. The van der Waals surface area contributed by atoms with Crippen LogP contribution in [0, 0.1) is 6.92 Å². The molecule has 0 aliphatic heterocycles. The van der Waals surface area contributed by atoms with Gasteiger partial charge in [0.2, 0.25) is 11.5 Å². The maximum absolute atomic E-state index is 11.4. The van der Waals surface area contributed by atoms with Gasteiger partial charge in [-0.3, -0.25) is 0 Å². The topological polar surface area (TPSA) is 185 Å². The van der Waals surface area contributed by atoms with Gasteiger partial charge in [-0.25, -0.2) is 15.0 Å². The Kier molecular flexibility index (Phi) is 6.50. The summed E-state index contributed by atoms with van der Waals surface area (Å²) in [5, 5.41) is 75.9. The van der Waals surface area contributed by atoms with Gasteiger partial charge < -0.3 is 40.3 Å². The number of phenolic OH excluding ortho intramolecular Hbond substituents is 7. The Morgan fingerprint density at radius 1 is 0.522 bits per heavy atom. The molecule has 11 nitrogen and oxygen atoms in total. The minimum Gasteiger partial charge on any atom is -0.505 e. The van der Waals surface area contributed by atoms with E-state index in [9.17, 15) is 35.7 Å². The summed E-state index contributed by atoms with van der Waals surface area (Å²) in [7, 11) is 0. The van der Waals surface area contributed by atoms with Crippen LogP contribution in [0.4, 0.5) is 0 Å². The van der Waals surface area contributed by atoms with E-state index in [2.05, 4.69) is 0 Å². The lowest BCUT2D eigenvalue weighted by Gasteiger charge is -2.17. The molecule has 5 aromatic carbocycles. The molecule has 0 fully saturated rings. The van der Waals surface area contributed by atoms with E-state index in [0.717, 1.165) is 0 Å². The highest BCUT2D eigenvalue weighted by atomic mass is 35.5. The first kappa shape index (κ1) is 28.6. The number of aromatic hydroxyl groups is 7. The fraction of sp³-hybridized carbons (Fsp3) is 0.0294. The molecule has 46 heavy (non-hydrogen) atoms. The third kappa shape index (κ3) is 4.17. The smallest absolute Gasteiger partial charge is 0.206 e. The monoisotopic (exact) mass is 634 g/mol. The molecule has 0 unspecified atom stereocenters. The van der Waals surface area contributed by atoms with Crippen molar-refractivity contribution in [3.8, 4) is 80.1 Å². The largest absolute Gasteiger partial charge is 0.505 e. The van der Waals surface area contributed by atoms with Crippen molar-refractivity contribution in [2.45, 2.75) is 6.92 Å². The number of benzene rings is 5. The lowest BCUT2D eigenvalue weighted by atomic mass is 10.1. The molecule has 2 heterocycles. The molecule has 0 bridgehead atoms. The van der Waals surface area contributed by atoms with E-state index in [1.165, 1.54) is 23.6 Å². The second-order valence-corrected chi connectivity index (χ2v) is 11.0. The van der Waals surface area contributed by atoms with Crippen LogP contribution < -0.4 is 0 Å². The minimum atomic E-state index is -1.07. The predicted octanol–water partition coefficient (Wildman–Crippen LogP) is 6.87. The zero-order valence-corrected chi connectivity index (χ0v) is 24.6. The molecule has 0 spiro atoms. The van der Waals surface area contributed by atoms with Crippen molar-refractivity contribution in [3.63, 3.8) is 0 Å². The fourth-order valence-corrected chi connectivity index (χ4v) is 5.75. The summed E-state index contributed by atoms with van der Waals surface area (Å²) in [5.74, 6) is -5.09. The Morgan fingerprint density at radius 2 is 1.00 bits per heavy atom. The summed E-state index contributed by atoms with van der Waals surface area (Å²) in [6.45, 7) is 1.35. The van der Waals surface area contributed by atoms with E-state index >= 15 is 0 Å². The van der Waals surface area contributed by atoms with Crippen molar-refractivity contribution < 1.29 is 35.7 Å². The van der Waals surface area contributed by atoms with Gasteiger partial charge in [-0.2, -0.15) is 0 Å². The van der Waals surface area contributed by atoms with Crippen molar-refractivity contribution in [1.82, 2.24) is 19.5 Å². The van der Waals surface area contributed by atoms with Crippen LogP contribution in [0.25, 0.3) is 61.7 Å². The highest BCUT2D eigenvalue weighted by Gasteiger charge is 2.32. The van der Waals surface area contributed by atoms with Crippen molar-refractivity contribution in [2.75, 3.05) is 0 Å². The zero-order valence-electron chi connectivity index (χ0n) is 23.8. The molecule has 7 rings (SSSR count). The van der Waals surface area contributed by atoms with Crippen LogP contribution in [0.2, 0.25) is 5.02 Å². The Morgan fingerprint density at radius 3 is 1.57 bits per heavy atom. The van der Waals surface area contributed by atoms with Crippen LogP contribution in [0.1, 0.15) is 5.56 Å². The second-order valence-electron chi connectivity index (χ2n) is 10.5. The standard InChI is InChI=1S/C34H23ClN4O7/c1-15-25(40)23-21(27(42)26(15)41)22-24(29(44)31(46)30(45)28(22)43)39(23)20-13-12-18(35)14-19(20)34-37-32(16-8-4-2-5-9-16)36-33(38-34)17-10-6-3-7-11-17/h2-14,40-46H,1H3. The highest BCUT2D eigenvalue weighted by molar-refractivity contribution is 6.31. The number of hydrogen-bond acceptors (Lipinski definition) is 10. The first-order chi connectivity index (χ1) is 22.1. The van der Waals surface area contributed by atoms with Gasteiger partial charge in [0, 0.05) is 27.3 Å². The summed E-state index contributed by atoms with van der Waals surface area (Å²) < 4.78 is 1.25. The van der Waals surface area contributed by atoms with Gasteiger partial charge in [-0.05, 0) is 25.1 Å². The molecule has 228 valence electrons. The molecule has 0 saturated heterocycles. The van der Waals surface area contributed by atoms with E-state index in [0.29, 0.717) is 22.8 Å². The van der Waals surface area contributed by atoms with Gasteiger partial charge in [0.1, 0.15) is 16.8 Å². The van der Waals surface area contributed by atoms with Crippen LogP contribution >= 0.6 is 11.6 Å².